The second-order valence-electron chi connectivity index (χ2n) is 2.90. The van der Waals surface area contributed by atoms with Crippen LogP contribution in [0.15, 0.2) is 0 Å². The van der Waals surface area contributed by atoms with Gasteiger partial charge in [0.1, 0.15) is 0 Å². The number of carbonyl (C=O) groups is 1. The summed E-state index contributed by atoms with van der Waals surface area (Å²) >= 11 is 0. The lowest BCUT2D eigenvalue weighted by Crippen LogP contribution is -2.45. The molecule has 0 aliphatic carbocycles. The van der Waals surface area contributed by atoms with Crippen LogP contribution < -0.4 is 5.73 Å². The van der Waals surface area contributed by atoms with Gasteiger partial charge in [-0.3, -0.25) is 4.79 Å². The van der Waals surface area contributed by atoms with Gasteiger partial charge in [-0.15, -0.1) is 0 Å². The molecule has 0 spiro atoms. The van der Waals surface area contributed by atoms with E-state index in [1.165, 1.54) is 0 Å². The van der Waals surface area contributed by atoms with E-state index in [-0.39, 0.29) is 6.61 Å². The third-order valence-corrected chi connectivity index (χ3v) is 2.00. The highest BCUT2D eigenvalue weighted by molar-refractivity contribution is 5.81. The number of alkyl halides is 2. The van der Waals surface area contributed by atoms with Gasteiger partial charge in [0.05, 0.1) is 12.5 Å². The number of nitrogens with two attached hydrogens (primary N) is 1. The number of hydrogen-bond acceptors (Lipinski definition) is 2. The first kappa shape index (κ1) is 9.38. The van der Waals surface area contributed by atoms with E-state index < -0.39 is 17.7 Å². The number of amides is 1. The zero-order valence-corrected chi connectivity index (χ0v) is 6.56. The van der Waals surface area contributed by atoms with Crippen molar-refractivity contribution in [2.75, 3.05) is 13.2 Å². The summed E-state index contributed by atoms with van der Waals surface area (Å²) in [4.78, 5) is 10.3. The van der Waals surface area contributed by atoms with Gasteiger partial charge >= 0.3 is 5.92 Å². The summed E-state index contributed by atoms with van der Waals surface area (Å²) in [5, 5.41) is 0. The van der Waals surface area contributed by atoms with Crippen molar-refractivity contribution in [3.05, 3.63) is 0 Å². The van der Waals surface area contributed by atoms with Crippen molar-refractivity contribution in [2.24, 2.45) is 11.7 Å². The molecule has 1 unspecified atom stereocenters. The minimum Gasteiger partial charge on any atom is -0.381 e. The molecule has 1 heterocycles. The maximum atomic E-state index is 12.9. The fourth-order valence-corrected chi connectivity index (χ4v) is 1.23. The Labute approximate surface area is 68.9 Å². The molecule has 12 heavy (non-hydrogen) atoms. The van der Waals surface area contributed by atoms with E-state index in [0.29, 0.717) is 19.4 Å². The molecular formula is C7H11F2NO2. The second-order valence-corrected chi connectivity index (χ2v) is 2.90. The summed E-state index contributed by atoms with van der Waals surface area (Å²) < 4.78 is 30.6. The number of halogens is 2. The Kier molecular flexibility index (Phi) is 2.62. The van der Waals surface area contributed by atoms with Crippen LogP contribution >= 0.6 is 0 Å². The highest BCUT2D eigenvalue weighted by Gasteiger charge is 2.46. The average molecular weight is 179 g/mol. The molecule has 1 saturated heterocycles. The first-order chi connectivity index (χ1) is 5.55. The van der Waals surface area contributed by atoms with Crippen molar-refractivity contribution in [1.82, 2.24) is 0 Å². The molecule has 5 heteroatoms. The summed E-state index contributed by atoms with van der Waals surface area (Å²) in [6, 6.07) is 0. The van der Waals surface area contributed by atoms with E-state index >= 15 is 0 Å². The van der Waals surface area contributed by atoms with Crippen molar-refractivity contribution >= 4 is 5.91 Å². The number of rotatable bonds is 2. The zero-order chi connectivity index (χ0) is 9.19. The molecule has 0 saturated carbocycles. The van der Waals surface area contributed by atoms with Gasteiger partial charge in [0.2, 0.25) is 0 Å². The van der Waals surface area contributed by atoms with Crippen molar-refractivity contribution in [1.29, 1.82) is 0 Å². The molecule has 1 atom stereocenters. The quantitative estimate of drug-likeness (QED) is 0.672. The summed E-state index contributed by atoms with van der Waals surface area (Å²) in [6.07, 6.45) is 0.865. The molecule has 0 aromatic rings. The van der Waals surface area contributed by atoms with Crippen LogP contribution in [0.3, 0.4) is 0 Å². The van der Waals surface area contributed by atoms with Gasteiger partial charge in [-0.25, -0.2) is 0 Å². The van der Waals surface area contributed by atoms with Gasteiger partial charge in [0.25, 0.3) is 5.91 Å². The van der Waals surface area contributed by atoms with Gasteiger partial charge in [-0.2, -0.15) is 8.78 Å². The van der Waals surface area contributed by atoms with E-state index in [4.69, 9.17) is 4.74 Å². The van der Waals surface area contributed by atoms with Crippen LogP contribution in [0.1, 0.15) is 12.8 Å². The molecule has 0 radical (unpaired) electrons. The van der Waals surface area contributed by atoms with Gasteiger partial charge in [-0.1, -0.05) is 0 Å². The van der Waals surface area contributed by atoms with Crippen molar-refractivity contribution in [3.8, 4) is 0 Å². The van der Waals surface area contributed by atoms with Crippen LogP contribution in [-0.2, 0) is 9.53 Å². The van der Waals surface area contributed by atoms with Gasteiger partial charge in [0, 0.05) is 6.61 Å². The zero-order valence-electron chi connectivity index (χ0n) is 6.56. The standard InChI is InChI=1S/C7H11F2NO2/c8-7(9,6(10)11)5-2-1-3-12-4-5/h5H,1-4H2,(H2,10,11). The number of hydrogen-bond donors (Lipinski definition) is 1. The van der Waals surface area contributed by atoms with Crippen LogP contribution in [-0.4, -0.2) is 25.0 Å². The van der Waals surface area contributed by atoms with E-state index in [0.717, 1.165) is 0 Å². The lowest BCUT2D eigenvalue weighted by Gasteiger charge is -2.27. The molecule has 3 nitrogen and oxygen atoms in total. The maximum Gasteiger partial charge on any atom is 0.329 e. The topological polar surface area (TPSA) is 52.3 Å². The largest absolute Gasteiger partial charge is 0.381 e. The molecule has 2 N–H and O–H groups in total. The van der Waals surface area contributed by atoms with Crippen LogP contribution in [0.5, 0.6) is 0 Å². The Balaban J connectivity index is 2.59. The first-order valence-electron chi connectivity index (χ1n) is 3.80. The minimum atomic E-state index is -3.42. The molecule has 0 aromatic carbocycles. The van der Waals surface area contributed by atoms with E-state index in [9.17, 15) is 13.6 Å². The minimum absolute atomic E-state index is 0.0735. The number of ether oxygens (including phenoxy) is 1. The summed E-state index contributed by atoms with van der Waals surface area (Å²) in [5.41, 5.74) is 4.56. The molecule has 0 bridgehead atoms. The van der Waals surface area contributed by atoms with Crippen LogP contribution in [0, 0.1) is 5.92 Å². The smallest absolute Gasteiger partial charge is 0.329 e. The molecule has 70 valence electrons. The van der Waals surface area contributed by atoms with E-state index in [2.05, 4.69) is 5.73 Å². The summed E-state index contributed by atoms with van der Waals surface area (Å²) in [5.74, 6) is -6.01. The number of carbonyl (C=O) groups excluding carboxylic acids is 1. The summed E-state index contributed by atoms with van der Waals surface area (Å²) in [7, 11) is 0. The molecular weight excluding hydrogens is 168 g/mol. The van der Waals surface area contributed by atoms with Crippen molar-refractivity contribution in [2.45, 2.75) is 18.8 Å². The molecule has 1 aliphatic rings. The predicted molar refractivity (Wildman–Crippen MR) is 37.7 cm³/mol. The van der Waals surface area contributed by atoms with Gasteiger partial charge in [0.15, 0.2) is 0 Å². The maximum absolute atomic E-state index is 12.9. The van der Waals surface area contributed by atoms with Gasteiger partial charge in [-0.05, 0) is 12.8 Å². The normalized spacial score (nSPS) is 25.3. The lowest BCUT2D eigenvalue weighted by atomic mass is 9.95. The van der Waals surface area contributed by atoms with Crippen molar-refractivity contribution < 1.29 is 18.3 Å². The van der Waals surface area contributed by atoms with Crippen molar-refractivity contribution in [3.63, 3.8) is 0 Å². The monoisotopic (exact) mass is 179 g/mol. The van der Waals surface area contributed by atoms with Crippen LogP contribution in [0.25, 0.3) is 0 Å². The molecule has 1 rings (SSSR count). The first-order valence-corrected chi connectivity index (χ1v) is 3.80. The lowest BCUT2D eigenvalue weighted by molar-refractivity contribution is -0.158. The fraction of sp³-hybridized carbons (Fsp3) is 0.857. The molecule has 1 amide bonds. The fourth-order valence-electron chi connectivity index (χ4n) is 1.23. The third-order valence-electron chi connectivity index (χ3n) is 2.00. The SMILES string of the molecule is NC(=O)C(F)(F)C1CCCOC1. The van der Waals surface area contributed by atoms with Crippen LogP contribution in [0.2, 0.25) is 0 Å². The molecule has 1 fully saturated rings. The van der Waals surface area contributed by atoms with Crippen LogP contribution in [0.4, 0.5) is 8.78 Å². The molecule has 0 aromatic heterocycles. The third kappa shape index (κ3) is 1.72. The Hall–Kier alpha value is -0.710. The van der Waals surface area contributed by atoms with Gasteiger partial charge < -0.3 is 10.5 Å². The highest BCUT2D eigenvalue weighted by Crippen LogP contribution is 2.30. The molecule has 1 aliphatic heterocycles. The number of primary amides is 1. The predicted octanol–water partition coefficient (Wildman–Crippen LogP) is 0.534. The summed E-state index contributed by atoms with van der Waals surface area (Å²) in [6.45, 7) is 0.418. The Morgan fingerprint density at radius 3 is 2.67 bits per heavy atom. The average Bonchev–Trinajstić information content (AvgIpc) is 2.06. The van der Waals surface area contributed by atoms with E-state index in [1.807, 2.05) is 0 Å². The Morgan fingerprint density at radius 1 is 1.58 bits per heavy atom. The highest BCUT2D eigenvalue weighted by atomic mass is 19.3. The Bertz CT molecular complexity index is 178. The second kappa shape index (κ2) is 3.35. The van der Waals surface area contributed by atoms with E-state index in [1.54, 1.807) is 0 Å². The Morgan fingerprint density at radius 2 is 2.25 bits per heavy atom.